The molecule has 0 bridgehead atoms. The molecule has 2 aromatic carbocycles. The molecule has 0 aliphatic heterocycles. The number of carbonyl (C=O) groups is 2. The molecule has 0 unspecified atom stereocenters. The molecule has 0 spiro atoms. The van der Waals surface area contributed by atoms with Crippen LogP contribution in [-0.4, -0.2) is 57.1 Å². The minimum atomic E-state index is -3.89. The van der Waals surface area contributed by atoms with Gasteiger partial charge in [-0.2, -0.15) is 0 Å². The highest BCUT2D eigenvalue weighted by molar-refractivity contribution is 7.92. The van der Waals surface area contributed by atoms with Crippen LogP contribution in [0.25, 0.3) is 0 Å². The van der Waals surface area contributed by atoms with Crippen molar-refractivity contribution in [3.05, 3.63) is 58.1 Å². The average Bonchev–Trinajstić information content (AvgIpc) is 2.75. The number of hydrogen-bond acceptors (Lipinski definition) is 5. The molecular weight excluding hydrogens is 501 g/mol. The Morgan fingerprint density at radius 3 is 2.18 bits per heavy atom. The van der Waals surface area contributed by atoms with Crippen molar-refractivity contribution >= 4 is 50.7 Å². The second kappa shape index (κ2) is 11.8. The highest BCUT2D eigenvalue weighted by Gasteiger charge is 2.31. The molecule has 186 valence electrons. The smallest absolute Gasteiger partial charge is 0.244 e. The summed E-state index contributed by atoms with van der Waals surface area (Å²) in [6.45, 7) is 4.76. The third-order valence-electron chi connectivity index (χ3n) is 4.97. The van der Waals surface area contributed by atoms with Gasteiger partial charge in [-0.25, -0.2) is 8.42 Å². The third kappa shape index (κ3) is 7.51. The molecule has 0 aliphatic rings. The van der Waals surface area contributed by atoms with Crippen molar-refractivity contribution in [3.8, 4) is 5.75 Å². The molecular formula is C23H29Cl2N3O5S. The maximum Gasteiger partial charge on any atom is 0.244 e. The van der Waals surface area contributed by atoms with Crippen molar-refractivity contribution in [2.24, 2.45) is 0 Å². The van der Waals surface area contributed by atoms with E-state index in [1.807, 2.05) is 13.8 Å². The fourth-order valence-electron chi connectivity index (χ4n) is 3.19. The Hall–Kier alpha value is -2.49. The molecule has 11 heteroatoms. The number of anilines is 1. The number of nitrogens with zero attached hydrogens (tertiary/aromatic N) is 2. The van der Waals surface area contributed by atoms with Gasteiger partial charge in [0.15, 0.2) is 0 Å². The number of nitrogens with one attached hydrogen (secondary N) is 1. The van der Waals surface area contributed by atoms with Gasteiger partial charge in [-0.15, -0.1) is 0 Å². The molecule has 0 aromatic heterocycles. The van der Waals surface area contributed by atoms with Crippen LogP contribution in [-0.2, 0) is 26.2 Å². The summed E-state index contributed by atoms with van der Waals surface area (Å²) in [7, 11) is -2.34. The molecule has 0 radical (unpaired) electrons. The standard InChI is InChI=1S/C23H29Cl2N3O5S/c1-15(2)26-23(30)16(3)27(13-17-6-9-19(33-4)10-7-17)22(29)14-28(34(5,31)32)21-11-8-18(24)12-20(21)25/h6-12,15-16H,13-14H2,1-5H3,(H,26,30)/t16-/m1/s1. The fraction of sp³-hybridized carbons (Fsp3) is 0.391. The Balaban J connectivity index is 2.41. The number of amides is 2. The highest BCUT2D eigenvalue weighted by atomic mass is 35.5. The maximum absolute atomic E-state index is 13.5. The van der Waals surface area contributed by atoms with Gasteiger partial charge < -0.3 is 15.0 Å². The number of sulfonamides is 1. The third-order valence-corrected chi connectivity index (χ3v) is 6.63. The molecule has 8 nitrogen and oxygen atoms in total. The minimum absolute atomic E-state index is 0.0815. The van der Waals surface area contributed by atoms with Gasteiger partial charge in [0.1, 0.15) is 18.3 Å². The quantitative estimate of drug-likeness (QED) is 0.506. The number of ether oxygens (including phenoxy) is 1. The van der Waals surface area contributed by atoms with Gasteiger partial charge in [0.2, 0.25) is 21.8 Å². The van der Waals surface area contributed by atoms with Crippen molar-refractivity contribution in [3.63, 3.8) is 0 Å². The summed E-state index contributed by atoms with van der Waals surface area (Å²) in [5.41, 5.74) is 0.861. The summed E-state index contributed by atoms with van der Waals surface area (Å²) < 4.78 is 31.2. The molecule has 0 saturated heterocycles. The maximum atomic E-state index is 13.5. The predicted octanol–water partition coefficient (Wildman–Crippen LogP) is 3.71. The zero-order valence-electron chi connectivity index (χ0n) is 19.7. The Bertz CT molecular complexity index is 1120. The highest BCUT2D eigenvalue weighted by Crippen LogP contribution is 2.30. The molecule has 34 heavy (non-hydrogen) atoms. The largest absolute Gasteiger partial charge is 0.497 e. The summed E-state index contributed by atoms with van der Waals surface area (Å²) in [6.07, 6.45) is 0.980. The number of rotatable bonds is 10. The summed E-state index contributed by atoms with van der Waals surface area (Å²) in [6, 6.07) is 10.4. The summed E-state index contributed by atoms with van der Waals surface area (Å²) in [4.78, 5) is 27.5. The first-order chi connectivity index (χ1) is 15.8. The second-order valence-electron chi connectivity index (χ2n) is 8.07. The zero-order valence-corrected chi connectivity index (χ0v) is 22.0. The van der Waals surface area contributed by atoms with E-state index in [-0.39, 0.29) is 29.2 Å². The second-order valence-corrected chi connectivity index (χ2v) is 10.8. The van der Waals surface area contributed by atoms with E-state index in [0.717, 1.165) is 16.1 Å². The average molecular weight is 530 g/mol. The van der Waals surface area contributed by atoms with Crippen LogP contribution in [0.1, 0.15) is 26.3 Å². The van der Waals surface area contributed by atoms with Crippen molar-refractivity contribution in [1.29, 1.82) is 0 Å². The first-order valence-corrected chi connectivity index (χ1v) is 13.1. The molecule has 0 heterocycles. The summed E-state index contributed by atoms with van der Waals surface area (Å²) >= 11 is 12.2. The molecule has 2 rings (SSSR count). The van der Waals surface area contributed by atoms with E-state index in [0.29, 0.717) is 10.8 Å². The van der Waals surface area contributed by atoms with Crippen molar-refractivity contribution in [2.75, 3.05) is 24.2 Å². The molecule has 0 aliphatic carbocycles. The lowest BCUT2D eigenvalue weighted by Gasteiger charge is -2.32. The molecule has 1 N–H and O–H groups in total. The van der Waals surface area contributed by atoms with Crippen LogP contribution >= 0.6 is 23.2 Å². The monoisotopic (exact) mass is 529 g/mol. The van der Waals surface area contributed by atoms with Gasteiger partial charge in [-0.05, 0) is 56.7 Å². The van der Waals surface area contributed by atoms with E-state index in [1.165, 1.54) is 23.1 Å². The van der Waals surface area contributed by atoms with E-state index in [9.17, 15) is 18.0 Å². The predicted molar refractivity (Wildman–Crippen MR) is 135 cm³/mol. The topological polar surface area (TPSA) is 96.0 Å². The van der Waals surface area contributed by atoms with Crippen LogP contribution in [0, 0.1) is 0 Å². The minimum Gasteiger partial charge on any atom is -0.497 e. The lowest BCUT2D eigenvalue weighted by Crippen LogP contribution is -2.52. The molecule has 2 amide bonds. The SMILES string of the molecule is COc1ccc(CN(C(=O)CN(c2ccc(Cl)cc2Cl)S(C)(=O)=O)[C@H](C)C(=O)NC(C)C)cc1. The van der Waals surface area contributed by atoms with E-state index in [1.54, 1.807) is 38.3 Å². The fourth-order valence-corrected chi connectivity index (χ4v) is 4.62. The lowest BCUT2D eigenvalue weighted by atomic mass is 10.1. The number of carbonyl (C=O) groups excluding carboxylic acids is 2. The van der Waals surface area contributed by atoms with E-state index < -0.39 is 28.5 Å². The number of benzene rings is 2. The first kappa shape index (κ1) is 27.8. The lowest BCUT2D eigenvalue weighted by molar-refractivity contribution is -0.139. The van der Waals surface area contributed by atoms with Crippen molar-refractivity contribution in [2.45, 2.75) is 39.4 Å². The number of halogens is 2. The van der Waals surface area contributed by atoms with Crippen LogP contribution in [0.15, 0.2) is 42.5 Å². The number of methoxy groups -OCH3 is 1. The van der Waals surface area contributed by atoms with Gasteiger partial charge in [0.25, 0.3) is 0 Å². The van der Waals surface area contributed by atoms with Gasteiger partial charge in [0, 0.05) is 17.6 Å². The normalized spacial score (nSPS) is 12.2. The summed E-state index contributed by atoms with van der Waals surface area (Å²) in [5.74, 6) is -0.279. The Morgan fingerprint density at radius 1 is 1.06 bits per heavy atom. The van der Waals surface area contributed by atoms with Crippen LogP contribution in [0.4, 0.5) is 5.69 Å². The number of hydrogen-bond donors (Lipinski definition) is 1. The van der Waals surface area contributed by atoms with Gasteiger partial charge in [-0.1, -0.05) is 35.3 Å². The van der Waals surface area contributed by atoms with Gasteiger partial charge >= 0.3 is 0 Å². The van der Waals surface area contributed by atoms with Crippen molar-refractivity contribution in [1.82, 2.24) is 10.2 Å². The Labute approximate surface area is 210 Å². The van der Waals surface area contributed by atoms with Crippen LogP contribution in [0.3, 0.4) is 0 Å². The molecule has 0 fully saturated rings. The van der Waals surface area contributed by atoms with E-state index in [4.69, 9.17) is 27.9 Å². The van der Waals surface area contributed by atoms with E-state index in [2.05, 4.69) is 5.32 Å². The summed E-state index contributed by atoms with van der Waals surface area (Å²) in [5, 5.41) is 3.20. The Kier molecular flexibility index (Phi) is 9.61. The molecule has 0 saturated carbocycles. The first-order valence-electron chi connectivity index (χ1n) is 10.5. The van der Waals surface area contributed by atoms with Crippen molar-refractivity contribution < 1.29 is 22.7 Å². The van der Waals surface area contributed by atoms with Crippen LogP contribution in [0.5, 0.6) is 5.75 Å². The van der Waals surface area contributed by atoms with Crippen LogP contribution in [0.2, 0.25) is 10.0 Å². The van der Waals surface area contributed by atoms with Gasteiger partial charge in [-0.3, -0.25) is 13.9 Å². The van der Waals surface area contributed by atoms with E-state index >= 15 is 0 Å². The molecule has 1 atom stereocenters. The van der Waals surface area contributed by atoms with Crippen LogP contribution < -0.4 is 14.4 Å². The zero-order chi connectivity index (χ0) is 25.6. The molecule has 2 aromatic rings. The van der Waals surface area contributed by atoms with Gasteiger partial charge in [0.05, 0.1) is 24.1 Å². The Morgan fingerprint density at radius 2 is 1.68 bits per heavy atom.